The number of carbonyl (C=O) groups excluding carboxylic acids is 3. The van der Waals surface area contributed by atoms with Crippen LogP contribution in [0.2, 0.25) is 0 Å². The van der Waals surface area contributed by atoms with Gasteiger partial charge in [-0.2, -0.15) is 20.2 Å². The predicted octanol–water partition coefficient (Wildman–Crippen LogP) is -1.24. The average Bonchev–Trinajstić information content (AvgIpc) is 3.39. The quantitative estimate of drug-likeness (QED) is 0.0509. The van der Waals surface area contributed by atoms with Crippen LogP contribution in [0.1, 0.15) is 57.8 Å². The highest BCUT2D eigenvalue weighted by atomic mass is 32.3. The van der Waals surface area contributed by atoms with E-state index < -0.39 is 35.3 Å². The van der Waals surface area contributed by atoms with Crippen molar-refractivity contribution in [3.05, 3.63) is 0 Å². The molecular weight excluding hydrogens is 542 g/mol. The minimum atomic E-state index is -4.69. The van der Waals surface area contributed by atoms with Gasteiger partial charge in [-0.05, 0) is 25.7 Å². The minimum Gasteiger partial charge on any atom is -0.391 e. The van der Waals surface area contributed by atoms with Gasteiger partial charge in [-0.25, -0.2) is 8.98 Å². The molecule has 38 heavy (non-hydrogen) atoms. The van der Waals surface area contributed by atoms with Gasteiger partial charge in [0, 0.05) is 49.4 Å². The number of thioether (sulfide) groups is 1. The molecule has 0 saturated carbocycles. The Morgan fingerprint density at radius 1 is 1.08 bits per heavy atom. The molecule has 0 bridgehead atoms. The van der Waals surface area contributed by atoms with Crippen LogP contribution in [-0.2, 0) is 24.2 Å². The van der Waals surface area contributed by atoms with Gasteiger partial charge in [-0.1, -0.05) is 12.8 Å². The Bertz CT molecular complexity index is 879. The second kappa shape index (κ2) is 16.4. The van der Waals surface area contributed by atoms with Gasteiger partial charge in [-0.15, -0.1) is 0 Å². The Morgan fingerprint density at radius 2 is 1.76 bits per heavy atom. The smallest absolute Gasteiger partial charge is 0.391 e. The summed E-state index contributed by atoms with van der Waals surface area (Å²) >= 11 is 1.87. The van der Waals surface area contributed by atoms with Crippen LogP contribution in [0, 0.1) is 0 Å². The molecule has 14 nitrogen and oxygen atoms in total. The highest BCUT2D eigenvalue weighted by Gasteiger charge is 2.42. The van der Waals surface area contributed by atoms with Crippen LogP contribution in [-0.4, -0.2) is 102 Å². The number of nitrogens with one attached hydrogen (secondary N) is 4. The summed E-state index contributed by atoms with van der Waals surface area (Å²) in [5.74, 6) is 0.697. The summed E-state index contributed by atoms with van der Waals surface area (Å²) in [6.07, 6.45) is 2.67. The molecule has 2 rings (SSSR count). The van der Waals surface area contributed by atoms with Gasteiger partial charge in [-0.3, -0.25) is 14.1 Å². The van der Waals surface area contributed by atoms with Crippen LogP contribution in [0.4, 0.5) is 4.79 Å². The van der Waals surface area contributed by atoms with E-state index in [9.17, 15) is 33.0 Å². The number of amides is 4. The summed E-state index contributed by atoms with van der Waals surface area (Å²) in [5, 5.41) is 31.4. The zero-order valence-corrected chi connectivity index (χ0v) is 23.0. The highest BCUT2D eigenvalue weighted by Crippen LogP contribution is 2.33. The monoisotopic (exact) mass is 583 g/mol. The van der Waals surface area contributed by atoms with Gasteiger partial charge >= 0.3 is 16.4 Å². The lowest BCUT2D eigenvalue weighted by molar-refractivity contribution is -0.122. The first-order chi connectivity index (χ1) is 17.9. The standard InChI is InChI=1S/C22H41N5O9S2/c23-15(17(29)10-14(28)12-36-38(33,34)35)11-25-20(31)7-2-1-5-9-24-19(30)8-4-3-6-18-21-16(13-37-18)26-22(32)27-21/h14-18,21,28-29H,1-13,23H2,(H,24,30)(H,25,31)(H2,26,27,32)(H,33,34,35)/t14?,15?,16-,17?,18?,21-/m0/s1. The van der Waals surface area contributed by atoms with Crippen molar-refractivity contribution >= 4 is 40.0 Å². The zero-order chi connectivity index (χ0) is 28.1. The third kappa shape index (κ3) is 12.9. The highest BCUT2D eigenvalue weighted by molar-refractivity contribution is 8.00. The molecule has 0 spiro atoms. The second-order valence-electron chi connectivity index (χ2n) is 9.67. The molecule has 0 aromatic heterocycles. The maximum Gasteiger partial charge on any atom is 0.397 e. The fourth-order valence-electron chi connectivity index (χ4n) is 4.32. The molecule has 2 saturated heterocycles. The third-order valence-corrected chi connectivity index (χ3v) is 8.38. The van der Waals surface area contributed by atoms with Crippen LogP contribution in [0.3, 0.4) is 0 Å². The summed E-state index contributed by atoms with van der Waals surface area (Å²) in [6, 6.07) is -0.570. The summed E-state index contributed by atoms with van der Waals surface area (Å²) in [7, 11) is -4.69. The number of hydrogen-bond acceptors (Lipinski definition) is 10. The van der Waals surface area contributed by atoms with Crippen molar-refractivity contribution in [3.8, 4) is 0 Å². The number of rotatable bonds is 19. The Labute approximate surface area is 227 Å². The molecule has 6 atom stereocenters. The lowest BCUT2D eigenvalue weighted by Gasteiger charge is -2.21. The average molecular weight is 584 g/mol. The Balaban J connectivity index is 1.42. The van der Waals surface area contributed by atoms with E-state index in [0.29, 0.717) is 24.6 Å². The van der Waals surface area contributed by atoms with Crippen molar-refractivity contribution in [1.29, 1.82) is 0 Å². The largest absolute Gasteiger partial charge is 0.397 e. The summed E-state index contributed by atoms with van der Waals surface area (Å²) in [6.45, 7) is -0.217. The Morgan fingerprint density at radius 3 is 2.47 bits per heavy atom. The molecule has 2 heterocycles. The van der Waals surface area contributed by atoms with Crippen LogP contribution in [0.25, 0.3) is 0 Å². The number of carbonyl (C=O) groups is 3. The minimum absolute atomic E-state index is 0.0118. The summed E-state index contributed by atoms with van der Waals surface area (Å²) < 4.78 is 33.5. The summed E-state index contributed by atoms with van der Waals surface area (Å²) in [5.41, 5.74) is 5.78. The van der Waals surface area contributed by atoms with E-state index in [4.69, 9.17) is 10.3 Å². The van der Waals surface area contributed by atoms with E-state index in [1.165, 1.54) is 0 Å². The van der Waals surface area contributed by atoms with Gasteiger partial charge < -0.3 is 37.2 Å². The van der Waals surface area contributed by atoms with Crippen molar-refractivity contribution in [1.82, 2.24) is 21.3 Å². The van der Waals surface area contributed by atoms with E-state index in [1.54, 1.807) is 0 Å². The number of aliphatic hydroxyl groups excluding tert-OH is 2. The van der Waals surface area contributed by atoms with Crippen LogP contribution >= 0.6 is 11.8 Å². The number of unbranched alkanes of at least 4 members (excludes halogenated alkanes) is 3. The molecule has 2 fully saturated rings. The first-order valence-corrected chi connectivity index (χ1v) is 15.3. The molecule has 220 valence electrons. The van der Waals surface area contributed by atoms with Gasteiger partial charge in [0.1, 0.15) is 0 Å². The number of fused-ring (bicyclic) bond motifs is 1. The summed E-state index contributed by atoms with van der Waals surface area (Å²) in [4.78, 5) is 35.4. The van der Waals surface area contributed by atoms with Crippen molar-refractivity contribution in [2.75, 3.05) is 25.4 Å². The molecule has 4 unspecified atom stereocenters. The van der Waals surface area contributed by atoms with Gasteiger partial charge in [0.05, 0.1) is 30.9 Å². The Kier molecular flexibility index (Phi) is 14.1. The fourth-order valence-corrected chi connectivity index (χ4v) is 6.19. The molecule has 4 amide bonds. The molecule has 16 heteroatoms. The number of nitrogens with two attached hydrogens (primary N) is 1. The van der Waals surface area contributed by atoms with Crippen molar-refractivity contribution in [3.63, 3.8) is 0 Å². The maximum atomic E-state index is 12.0. The number of urea groups is 1. The SMILES string of the molecule is NC(CNC(=O)CCCCCNC(=O)CCCCC1SC[C@@H]2NC(=O)N[C@H]12)C(O)CC(O)COS(=O)(=O)O. The molecule has 2 aliphatic rings. The second-order valence-corrected chi connectivity index (χ2v) is 12.0. The lowest BCUT2D eigenvalue weighted by atomic mass is 10.0. The zero-order valence-electron chi connectivity index (χ0n) is 21.3. The predicted molar refractivity (Wildman–Crippen MR) is 141 cm³/mol. The third-order valence-electron chi connectivity index (χ3n) is 6.44. The van der Waals surface area contributed by atoms with Crippen LogP contribution in [0.15, 0.2) is 0 Å². The first kappa shape index (κ1) is 32.5. The molecule has 0 radical (unpaired) electrons. The number of aliphatic hydroxyl groups is 2. The molecule has 0 aromatic carbocycles. The van der Waals surface area contributed by atoms with E-state index in [0.717, 1.165) is 37.9 Å². The van der Waals surface area contributed by atoms with Crippen molar-refractivity contribution < 1.29 is 41.8 Å². The van der Waals surface area contributed by atoms with Gasteiger partial charge in [0.25, 0.3) is 0 Å². The lowest BCUT2D eigenvalue weighted by Crippen LogP contribution is -2.46. The number of hydrogen-bond donors (Lipinski definition) is 8. The fraction of sp³-hybridized carbons (Fsp3) is 0.864. The normalized spacial score (nSPS) is 23.2. The van der Waals surface area contributed by atoms with Crippen LogP contribution < -0.4 is 27.0 Å². The maximum absolute atomic E-state index is 12.0. The molecule has 2 aliphatic heterocycles. The van der Waals surface area contributed by atoms with E-state index in [2.05, 4.69) is 25.5 Å². The van der Waals surface area contributed by atoms with Gasteiger partial charge in [0.15, 0.2) is 0 Å². The Hall–Kier alpha value is -1.69. The topological polar surface area (TPSA) is 229 Å². The van der Waals surface area contributed by atoms with Crippen LogP contribution in [0.5, 0.6) is 0 Å². The molecule has 0 aromatic rings. The molecule has 0 aliphatic carbocycles. The van der Waals surface area contributed by atoms with E-state index in [1.807, 2.05) is 11.8 Å². The van der Waals surface area contributed by atoms with Crippen molar-refractivity contribution in [2.45, 2.75) is 93.4 Å². The molecule has 9 N–H and O–H groups in total. The molecular formula is C22H41N5O9S2. The first-order valence-electron chi connectivity index (χ1n) is 12.9. The van der Waals surface area contributed by atoms with E-state index >= 15 is 0 Å². The van der Waals surface area contributed by atoms with E-state index in [-0.39, 0.29) is 49.3 Å². The van der Waals surface area contributed by atoms with Gasteiger partial charge in [0.2, 0.25) is 11.8 Å². The van der Waals surface area contributed by atoms with Crippen molar-refractivity contribution in [2.24, 2.45) is 5.73 Å².